The Bertz CT molecular complexity index is 302. The molecule has 0 aliphatic rings. The fraction of sp³-hybridized carbons (Fsp3) is 0.125. The number of hydrogen-bond acceptors (Lipinski definition) is 3. The quantitative estimate of drug-likeness (QED) is 0.562. The SMILES string of the molecule is C.NC(O)=S.OC(=S)Nc1ccccn1. The molecule has 0 bridgehead atoms. The highest BCUT2D eigenvalue weighted by Gasteiger charge is 1.90. The average Bonchev–Trinajstić information content (AvgIpc) is 2.03. The number of aromatic nitrogens is 1. The van der Waals surface area contributed by atoms with Crippen LogP contribution >= 0.6 is 24.4 Å². The van der Waals surface area contributed by atoms with Crippen molar-refractivity contribution in [2.24, 2.45) is 5.73 Å². The van der Waals surface area contributed by atoms with Crippen LogP contribution in [0.4, 0.5) is 5.82 Å². The van der Waals surface area contributed by atoms with Gasteiger partial charge >= 0.3 is 0 Å². The number of aliphatic hydroxyl groups excluding tert-OH is 2. The fourth-order valence-corrected chi connectivity index (χ4v) is 0.651. The molecule has 0 unspecified atom stereocenters. The molecule has 1 heterocycles. The summed E-state index contributed by atoms with van der Waals surface area (Å²) in [4.78, 5) is 3.86. The molecule has 84 valence electrons. The van der Waals surface area contributed by atoms with Crippen molar-refractivity contribution in [2.45, 2.75) is 7.43 Å². The molecule has 0 radical (unpaired) electrons. The topological polar surface area (TPSA) is 91.4 Å². The molecule has 1 rings (SSSR count). The molecule has 0 fully saturated rings. The van der Waals surface area contributed by atoms with Crippen molar-refractivity contribution in [3.8, 4) is 0 Å². The first-order chi connectivity index (χ1) is 6.52. The maximum Gasteiger partial charge on any atom is 0.259 e. The maximum atomic E-state index is 8.59. The van der Waals surface area contributed by atoms with E-state index in [1.54, 1.807) is 24.4 Å². The van der Waals surface area contributed by atoms with Crippen molar-refractivity contribution in [1.29, 1.82) is 0 Å². The van der Waals surface area contributed by atoms with Crippen LogP contribution in [0.25, 0.3) is 0 Å². The highest BCUT2D eigenvalue weighted by molar-refractivity contribution is 7.80. The van der Waals surface area contributed by atoms with E-state index in [2.05, 4.69) is 40.5 Å². The number of hydrogen-bond donors (Lipinski definition) is 4. The summed E-state index contributed by atoms with van der Waals surface area (Å²) >= 11 is 8.25. The van der Waals surface area contributed by atoms with Gasteiger partial charge < -0.3 is 21.3 Å². The van der Waals surface area contributed by atoms with Crippen LogP contribution in [0.2, 0.25) is 0 Å². The van der Waals surface area contributed by atoms with Crippen molar-refractivity contribution in [3.05, 3.63) is 24.4 Å². The molecule has 0 aliphatic heterocycles. The summed E-state index contributed by atoms with van der Waals surface area (Å²) in [7, 11) is 0. The highest BCUT2D eigenvalue weighted by atomic mass is 32.1. The third-order valence-corrected chi connectivity index (χ3v) is 1.00. The van der Waals surface area contributed by atoms with Crippen molar-refractivity contribution in [3.63, 3.8) is 0 Å². The summed E-state index contributed by atoms with van der Waals surface area (Å²) in [6.07, 6.45) is 1.61. The summed E-state index contributed by atoms with van der Waals surface area (Å²) in [6.45, 7) is 0. The first kappa shape index (κ1) is 16.0. The van der Waals surface area contributed by atoms with Gasteiger partial charge in [-0.1, -0.05) is 13.5 Å². The Hall–Kier alpha value is -1.47. The van der Waals surface area contributed by atoms with E-state index in [1.165, 1.54) is 0 Å². The molecule has 0 aromatic carbocycles. The van der Waals surface area contributed by atoms with E-state index >= 15 is 0 Å². The standard InChI is InChI=1S/C6H6N2OS.CH3NOS.CH4/c9-6(10)8-5-3-1-2-4-7-5;2-1(3)4;/h1-4H,(H2,7,8,9,10);(H3,2,3,4);1H4. The molecule has 0 saturated carbocycles. The Kier molecular flexibility index (Phi) is 9.69. The van der Waals surface area contributed by atoms with Gasteiger partial charge in [-0.25, -0.2) is 4.98 Å². The largest absolute Gasteiger partial charge is 0.487 e. The maximum absolute atomic E-state index is 8.59. The lowest BCUT2D eigenvalue weighted by molar-refractivity contribution is 0.560. The van der Waals surface area contributed by atoms with E-state index in [9.17, 15) is 0 Å². The van der Waals surface area contributed by atoms with E-state index in [1.807, 2.05) is 0 Å². The third-order valence-electron chi connectivity index (χ3n) is 0.900. The van der Waals surface area contributed by atoms with Crippen molar-refractivity contribution in [2.75, 3.05) is 5.32 Å². The van der Waals surface area contributed by atoms with Crippen LogP contribution in [0.3, 0.4) is 0 Å². The van der Waals surface area contributed by atoms with Gasteiger partial charge in [-0.05, 0) is 36.6 Å². The van der Waals surface area contributed by atoms with Crippen LogP contribution < -0.4 is 11.1 Å². The van der Waals surface area contributed by atoms with Gasteiger partial charge in [0.15, 0.2) is 0 Å². The van der Waals surface area contributed by atoms with Gasteiger partial charge in [-0.2, -0.15) is 0 Å². The van der Waals surface area contributed by atoms with Crippen LogP contribution in [0.15, 0.2) is 24.4 Å². The van der Waals surface area contributed by atoms with Crippen LogP contribution in [-0.4, -0.2) is 25.5 Å². The van der Waals surface area contributed by atoms with Crippen LogP contribution in [0.1, 0.15) is 7.43 Å². The predicted molar refractivity (Wildman–Crippen MR) is 69.2 cm³/mol. The second kappa shape index (κ2) is 9.10. The zero-order valence-electron chi connectivity index (χ0n) is 7.04. The number of thiocarbonyl (C=S) groups is 2. The third kappa shape index (κ3) is 12.5. The van der Waals surface area contributed by atoms with Crippen molar-refractivity contribution >= 4 is 40.6 Å². The Labute approximate surface area is 99.0 Å². The molecule has 0 saturated heterocycles. The Morgan fingerprint density at radius 1 is 1.33 bits per heavy atom. The van der Waals surface area contributed by atoms with Gasteiger partial charge in [0, 0.05) is 6.20 Å². The molecule has 5 nitrogen and oxygen atoms in total. The number of anilines is 1. The number of nitrogens with two attached hydrogens (primary N) is 1. The molecule has 7 heteroatoms. The molecular weight excluding hydrogens is 234 g/mol. The first-order valence-electron chi connectivity index (χ1n) is 3.41. The highest BCUT2D eigenvalue weighted by Crippen LogP contribution is 1.98. The smallest absolute Gasteiger partial charge is 0.259 e. The minimum absolute atomic E-state index is 0. The van der Waals surface area contributed by atoms with Gasteiger partial charge in [0.25, 0.3) is 10.3 Å². The van der Waals surface area contributed by atoms with Gasteiger partial charge in [-0.3, -0.25) is 0 Å². The molecule has 0 spiro atoms. The lowest BCUT2D eigenvalue weighted by Crippen LogP contribution is -2.07. The molecular formula is C8H13N3O2S2. The van der Waals surface area contributed by atoms with Gasteiger partial charge in [0.2, 0.25) is 0 Å². The van der Waals surface area contributed by atoms with E-state index in [-0.39, 0.29) is 12.6 Å². The molecule has 0 atom stereocenters. The summed E-state index contributed by atoms with van der Waals surface area (Å²) in [5.74, 6) is 0.551. The van der Waals surface area contributed by atoms with Crippen LogP contribution in [0, 0.1) is 0 Å². The molecule has 1 aromatic heterocycles. The molecule has 5 N–H and O–H groups in total. The minimum atomic E-state index is -0.500. The summed E-state index contributed by atoms with van der Waals surface area (Å²) in [5.41, 5.74) is 4.40. The van der Waals surface area contributed by atoms with E-state index < -0.39 is 5.17 Å². The molecule has 0 aliphatic carbocycles. The Balaban J connectivity index is 0. The fourth-order valence-electron chi connectivity index (χ4n) is 0.546. The lowest BCUT2D eigenvalue weighted by Gasteiger charge is -1.98. The lowest BCUT2D eigenvalue weighted by atomic mass is 10.5. The number of aliphatic hydroxyl groups is 2. The van der Waals surface area contributed by atoms with E-state index in [4.69, 9.17) is 10.2 Å². The summed E-state index contributed by atoms with van der Waals surface area (Å²) in [5, 5.41) is 17.9. The van der Waals surface area contributed by atoms with Gasteiger partial charge in [0.1, 0.15) is 5.82 Å². The van der Waals surface area contributed by atoms with Gasteiger partial charge in [-0.15, -0.1) is 0 Å². The van der Waals surface area contributed by atoms with Gasteiger partial charge in [0.05, 0.1) is 0 Å². The number of nitrogens with one attached hydrogen (secondary N) is 1. The van der Waals surface area contributed by atoms with Crippen LogP contribution in [-0.2, 0) is 0 Å². The summed E-state index contributed by atoms with van der Waals surface area (Å²) in [6, 6.07) is 5.29. The molecule has 1 aromatic rings. The second-order valence-electron chi connectivity index (χ2n) is 1.98. The zero-order chi connectivity index (χ0) is 11.0. The normalized spacial score (nSPS) is 7.47. The minimum Gasteiger partial charge on any atom is -0.487 e. The first-order valence-corrected chi connectivity index (χ1v) is 4.23. The van der Waals surface area contributed by atoms with Crippen molar-refractivity contribution in [1.82, 2.24) is 4.98 Å². The molecule has 15 heavy (non-hydrogen) atoms. The number of nitrogens with zero attached hydrogens (tertiary/aromatic N) is 1. The summed E-state index contributed by atoms with van der Waals surface area (Å²) < 4.78 is 0. The molecule has 0 amide bonds. The van der Waals surface area contributed by atoms with E-state index in [0.717, 1.165) is 0 Å². The Morgan fingerprint density at radius 3 is 2.20 bits per heavy atom. The number of rotatable bonds is 1. The average molecular weight is 247 g/mol. The predicted octanol–water partition coefficient (Wildman–Crippen LogP) is 1.76. The van der Waals surface area contributed by atoms with Crippen LogP contribution in [0.5, 0.6) is 0 Å². The number of pyridine rings is 1. The van der Waals surface area contributed by atoms with E-state index in [0.29, 0.717) is 5.82 Å². The Morgan fingerprint density at radius 2 is 1.87 bits per heavy atom. The monoisotopic (exact) mass is 247 g/mol. The zero-order valence-corrected chi connectivity index (χ0v) is 8.68. The second-order valence-corrected chi connectivity index (χ2v) is 2.79. The van der Waals surface area contributed by atoms with Crippen molar-refractivity contribution < 1.29 is 10.2 Å².